The summed E-state index contributed by atoms with van der Waals surface area (Å²) < 4.78 is 5.64. The molecule has 1 rings (SSSR count). The lowest BCUT2D eigenvalue weighted by Gasteiger charge is -2.14. The van der Waals surface area contributed by atoms with Crippen LogP contribution in [0.3, 0.4) is 0 Å². The maximum atomic E-state index is 11.7. The third-order valence-electron chi connectivity index (χ3n) is 3.62. The largest absolute Gasteiger partial charge is 0.493 e. The van der Waals surface area contributed by atoms with Crippen molar-refractivity contribution in [1.82, 2.24) is 5.32 Å². The molecular weight excluding hydrogens is 266 g/mol. The van der Waals surface area contributed by atoms with Gasteiger partial charge in [0.2, 0.25) is 5.91 Å². The first-order chi connectivity index (χ1) is 10.1. The molecule has 0 bridgehead atoms. The molecule has 0 aromatic heterocycles. The number of amides is 1. The molecule has 0 spiro atoms. The van der Waals surface area contributed by atoms with Crippen LogP contribution >= 0.6 is 0 Å². The van der Waals surface area contributed by atoms with E-state index in [1.165, 1.54) is 5.56 Å². The quantitative estimate of drug-likeness (QED) is 0.736. The van der Waals surface area contributed by atoms with Gasteiger partial charge in [-0.1, -0.05) is 31.0 Å². The van der Waals surface area contributed by atoms with Gasteiger partial charge in [-0.2, -0.15) is 0 Å². The number of rotatable bonds is 9. The molecule has 0 radical (unpaired) electrons. The second kappa shape index (κ2) is 9.40. The maximum Gasteiger partial charge on any atom is 0.223 e. The van der Waals surface area contributed by atoms with E-state index in [4.69, 9.17) is 9.84 Å². The summed E-state index contributed by atoms with van der Waals surface area (Å²) in [6, 6.07) is 6.01. The van der Waals surface area contributed by atoms with Crippen molar-refractivity contribution in [1.29, 1.82) is 0 Å². The van der Waals surface area contributed by atoms with Crippen LogP contribution in [-0.2, 0) is 4.79 Å². The molecule has 2 N–H and O–H groups in total. The highest BCUT2D eigenvalue weighted by atomic mass is 16.5. The summed E-state index contributed by atoms with van der Waals surface area (Å²) in [7, 11) is 0. The number of carbonyl (C=O) groups excluding carboxylic acids is 1. The van der Waals surface area contributed by atoms with Gasteiger partial charge in [-0.3, -0.25) is 4.79 Å². The number of hydrogen-bond acceptors (Lipinski definition) is 3. The molecule has 0 aliphatic carbocycles. The van der Waals surface area contributed by atoms with Crippen LogP contribution in [0.2, 0.25) is 0 Å². The number of nitrogens with one attached hydrogen (secondary N) is 1. The smallest absolute Gasteiger partial charge is 0.223 e. The summed E-state index contributed by atoms with van der Waals surface area (Å²) in [5, 5.41) is 11.8. The van der Waals surface area contributed by atoms with Gasteiger partial charge in [-0.25, -0.2) is 0 Å². The zero-order chi connectivity index (χ0) is 15.7. The number of carbonyl (C=O) groups is 1. The highest BCUT2D eigenvalue weighted by Gasteiger charge is 2.08. The van der Waals surface area contributed by atoms with E-state index in [1.54, 1.807) is 0 Å². The topological polar surface area (TPSA) is 58.6 Å². The lowest BCUT2D eigenvalue weighted by Crippen LogP contribution is -2.30. The minimum Gasteiger partial charge on any atom is -0.493 e. The third kappa shape index (κ3) is 6.63. The molecule has 4 heteroatoms. The summed E-state index contributed by atoms with van der Waals surface area (Å²) in [5.41, 5.74) is 2.29. The molecule has 0 aliphatic rings. The van der Waals surface area contributed by atoms with Gasteiger partial charge in [0.15, 0.2) is 0 Å². The van der Waals surface area contributed by atoms with Gasteiger partial charge in [-0.05, 0) is 37.8 Å². The van der Waals surface area contributed by atoms with E-state index in [0.717, 1.165) is 24.2 Å². The van der Waals surface area contributed by atoms with Crippen molar-refractivity contribution >= 4 is 5.91 Å². The van der Waals surface area contributed by atoms with Crippen LogP contribution in [0.1, 0.15) is 37.3 Å². The van der Waals surface area contributed by atoms with Crippen LogP contribution < -0.4 is 10.1 Å². The predicted molar refractivity (Wildman–Crippen MR) is 84.5 cm³/mol. The Morgan fingerprint density at radius 3 is 2.76 bits per heavy atom. The van der Waals surface area contributed by atoms with E-state index in [1.807, 2.05) is 26.0 Å². The van der Waals surface area contributed by atoms with E-state index in [0.29, 0.717) is 25.5 Å². The van der Waals surface area contributed by atoms with Crippen molar-refractivity contribution < 1.29 is 14.6 Å². The van der Waals surface area contributed by atoms with Crippen LogP contribution in [-0.4, -0.2) is 30.8 Å². The fraction of sp³-hybridized carbons (Fsp3) is 0.588. The third-order valence-corrected chi connectivity index (χ3v) is 3.62. The first-order valence-corrected chi connectivity index (χ1v) is 7.64. The van der Waals surface area contributed by atoms with Gasteiger partial charge in [0.25, 0.3) is 0 Å². The minimum absolute atomic E-state index is 0.00356. The lowest BCUT2D eigenvalue weighted by molar-refractivity contribution is -0.121. The standard InChI is InChI=1S/C17H27NO3/c1-4-15(7-9-19)12-18-17(20)8-10-21-16-6-5-13(2)11-14(16)3/h5-6,11,15,19H,4,7-10,12H2,1-3H3,(H,18,20). The van der Waals surface area contributed by atoms with Crippen LogP contribution in [0.15, 0.2) is 18.2 Å². The van der Waals surface area contributed by atoms with Gasteiger partial charge >= 0.3 is 0 Å². The zero-order valence-electron chi connectivity index (χ0n) is 13.3. The van der Waals surface area contributed by atoms with Crippen molar-refractivity contribution in [2.75, 3.05) is 19.8 Å². The Kier molecular flexibility index (Phi) is 7.83. The average Bonchev–Trinajstić information content (AvgIpc) is 2.45. The van der Waals surface area contributed by atoms with E-state index < -0.39 is 0 Å². The van der Waals surface area contributed by atoms with Crippen molar-refractivity contribution in [3.63, 3.8) is 0 Å². The molecule has 1 unspecified atom stereocenters. The summed E-state index contributed by atoms with van der Waals surface area (Å²) in [5.74, 6) is 1.18. The molecule has 4 nitrogen and oxygen atoms in total. The molecule has 0 fully saturated rings. The Morgan fingerprint density at radius 1 is 1.38 bits per heavy atom. The summed E-state index contributed by atoms with van der Waals surface area (Å²) >= 11 is 0. The second-order valence-corrected chi connectivity index (χ2v) is 5.46. The number of hydrogen-bond donors (Lipinski definition) is 2. The Hall–Kier alpha value is -1.55. The van der Waals surface area contributed by atoms with E-state index >= 15 is 0 Å². The molecule has 21 heavy (non-hydrogen) atoms. The zero-order valence-corrected chi connectivity index (χ0v) is 13.3. The van der Waals surface area contributed by atoms with Crippen molar-refractivity contribution in [3.05, 3.63) is 29.3 Å². The molecule has 0 aliphatic heterocycles. The van der Waals surface area contributed by atoms with Gasteiger partial charge < -0.3 is 15.2 Å². The van der Waals surface area contributed by atoms with Gasteiger partial charge in [0.05, 0.1) is 13.0 Å². The highest BCUT2D eigenvalue weighted by Crippen LogP contribution is 2.18. The van der Waals surface area contributed by atoms with Crippen LogP contribution in [0.25, 0.3) is 0 Å². The molecular formula is C17H27NO3. The van der Waals surface area contributed by atoms with E-state index in [-0.39, 0.29) is 12.5 Å². The highest BCUT2D eigenvalue weighted by molar-refractivity contribution is 5.75. The number of aliphatic hydroxyl groups excluding tert-OH is 1. The number of aryl methyl sites for hydroxylation is 2. The fourth-order valence-electron chi connectivity index (χ4n) is 2.19. The Labute approximate surface area is 127 Å². The monoisotopic (exact) mass is 293 g/mol. The first kappa shape index (κ1) is 17.5. The SMILES string of the molecule is CCC(CCO)CNC(=O)CCOc1ccc(C)cc1C. The maximum absolute atomic E-state index is 11.7. The Balaban J connectivity index is 2.27. The van der Waals surface area contributed by atoms with Gasteiger partial charge in [0.1, 0.15) is 5.75 Å². The minimum atomic E-state index is -0.00356. The fourth-order valence-corrected chi connectivity index (χ4v) is 2.19. The Bertz CT molecular complexity index is 446. The van der Waals surface area contributed by atoms with E-state index in [2.05, 4.69) is 18.3 Å². The summed E-state index contributed by atoms with van der Waals surface area (Å²) in [6.45, 7) is 7.29. The molecule has 0 saturated heterocycles. The molecule has 1 amide bonds. The molecule has 118 valence electrons. The van der Waals surface area contributed by atoms with Crippen LogP contribution in [0.4, 0.5) is 0 Å². The molecule has 0 saturated carbocycles. The lowest BCUT2D eigenvalue weighted by atomic mass is 10.0. The van der Waals surface area contributed by atoms with Gasteiger partial charge in [0, 0.05) is 13.2 Å². The van der Waals surface area contributed by atoms with E-state index in [9.17, 15) is 4.79 Å². The first-order valence-electron chi connectivity index (χ1n) is 7.64. The number of ether oxygens (including phenoxy) is 1. The summed E-state index contributed by atoms with van der Waals surface area (Å²) in [4.78, 5) is 11.7. The normalized spacial score (nSPS) is 12.0. The predicted octanol–water partition coefficient (Wildman–Crippen LogP) is 2.60. The van der Waals surface area contributed by atoms with Crippen molar-refractivity contribution in [2.24, 2.45) is 5.92 Å². The Morgan fingerprint density at radius 2 is 2.14 bits per heavy atom. The average molecular weight is 293 g/mol. The number of benzene rings is 1. The molecule has 1 aromatic rings. The van der Waals surface area contributed by atoms with Crippen molar-refractivity contribution in [2.45, 2.75) is 40.0 Å². The second-order valence-electron chi connectivity index (χ2n) is 5.46. The molecule has 1 aromatic carbocycles. The summed E-state index contributed by atoms with van der Waals surface area (Å²) in [6.07, 6.45) is 2.04. The molecule has 1 atom stereocenters. The molecule has 0 heterocycles. The number of aliphatic hydroxyl groups is 1. The van der Waals surface area contributed by atoms with Gasteiger partial charge in [-0.15, -0.1) is 0 Å². The van der Waals surface area contributed by atoms with Crippen molar-refractivity contribution in [3.8, 4) is 5.75 Å². The van der Waals surface area contributed by atoms with Crippen LogP contribution in [0, 0.1) is 19.8 Å². The van der Waals surface area contributed by atoms with Crippen LogP contribution in [0.5, 0.6) is 5.75 Å².